The lowest BCUT2D eigenvalue weighted by atomic mass is 9.86. The molecule has 0 radical (unpaired) electrons. The fourth-order valence-electron chi connectivity index (χ4n) is 5.43. The van der Waals surface area contributed by atoms with E-state index in [0.717, 1.165) is 28.6 Å². The van der Waals surface area contributed by atoms with E-state index in [1.807, 2.05) is 0 Å². The number of nitrogens with zero attached hydrogens (tertiary/aromatic N) is 2. The molecule has 2 fully saturated rings. The predicted molar refractivity (Wildman–Crippen MR) is 123 cm³/mol. The molecule has 4 aliphatic rings. The molecule has 2 aromatic carbocycles. The van der Waals surface area contributed by atoms with Crippen molar-refractivity contribution in [1.29, 1.82) is 0 Å². The molecular weight excluding hydrogens is 352 g/mol. The van der Waals surface area contributed by atoms with Crippen molar-refractivity contribution in [3.8, 4) is 0 Å². The van der Waals surface area contributed by atoms with Gasteiger partial charge in [0.1, 0.15) is 5.69 Å². The minimum Gasteiger partial charge on any atom is -0.250 e. The number of hydrogen-bond donors (Lipinski definition) is 0. The van der Waals surface area contributed by atoms with E-state index < -0.39 is 0 Å². The van der Waals surface area contributed by atoms with Gasteiger partial charge >= 0.3 is 0 Å². The monoisotopic (exact) mass is 381 g/mol. The largest absolute Gasteiger partial charge is 0.250 e. The van der Waals surface area contributed by atoms with Crippen LogP contribution in [0, 0.1) is 17.8 Å². The zero-order chi connectivity index (χ0) is 19.8. The van der Waals surface area contributed by atoms with Crippen LogP contribution in [0.2, 0.25) is 0 Å². The molecule has 4 atom stereocenters. The zero-order valence-corrected chi connectivity index (χ0v) is 17.6. The quantitative estimate of drug-likeness (QED) is 0.532. The van der Waals surface area contributed by atoms with Gasteiger partial charge in [0.15, 0.2) is 12.0 Å². The van der Waals surface area contributed by atoms with Crippen molar-refractivity contribution in [2.75, 3.05) is 13.6 Å². The molecule has 1 heterocycles. The molecule has 2 saturated carbocycles. The van der Waals surface area contributed by atoms with Gasteiger partial charge in [-0.2, -0.15) is 4.99 Å². The summed E-state index contributed by atoms with van der Waals surface area (Å²) in [5.74, 6) is 2.92. The fraction of sp³-hybridized carbons (Fsp3) is 0.370. The maximum absolute atomic E-state index is 4.77. The SMILES string of the molecule is CC[N+]1(C)C=Nc2cc(C3=C(c4cccc(C5CC5)c4)C4C(C)C4C=C3)ccc21. The standard InChI is InChI=1S/C27H29N2/c1-4-29(3)16-28-24-15-20(10-13-25(24)29)23-12-11-22-17(2)26(22)27(23)21-7-5-6-19(14-21)18-8-9-18/h5-7,10-18,22,26H,4,8-9H2,1-3H3/q+1. The molecular formula is C27H29N2+. The summed E-state index contributed by atoms with van der Waals surface area (Å²) in [7, 11) is 2.24. The second-order valence-corrected chi connectivity index (χ2v) is 9.58. The number of aliphatic imine (C=N–C) groups is 1. The third kappa shape index (κ3) is 2.62. The van der Waals surface area contributed by atoms with Crippen LogP contribution >= 0.6 is 0 Å². The van der Waals surface area contributed by atoms with E-state index in [2.05, 4.69) is 81.9 Å². The van der Waals surface area contributed by atoms with Gasteiger partial charge in [-0.3, -0.25) is 0 Å². The van der Waals surface area contributed by atoms with E-state index in [0.29, 0.717) is 11.8 Å². The Labute approximate surface area is 173 Å². The lowest BCUT2D eigenvalue weighted by Gasteiger charge is -2.24. The van der Waals surface area contributed by atoms with Gasteiger partial charge in [-0.1, -0.05) is 43.3 Å². The first-order chi connectivity index (χ1) is 14.1. The summed E-state index contributed by atoms with van der Waals surface area (Å²) in [4.78, 5) is 4.77. The van der Waals surface area contributed by atoms with E-state index in [4.69, 9.17) is 4.99 Å². The molecule has 3 aliphatic carbocycles. The highest BCUT2D eigenvalue weighted by atomic mass is 15.4. The van der Waals surface area contributed by atoms with Crippen molar-refractivity contribution in [2.24, 2.45) is 22.7 Å². The van der Waals surface area contributed by atoms with Gasteiger partial charge in [-0.15, -0.1) is 0 Å². The number of allylic oxidation sites excluding steroid dienone is 4. The van der Waals surface area contributed by atoms with Crippen molar-refractivity contribution in [3.63, 3.8) is 0 Å². The summed E-state index contributed by atoms with van der Waals surface area (Å²) in [6.45, 7) is 5.66. The van der Waals surface area contributed by atoms with E-state index in [-0.39, 0.29) is 0 Å². The third-order valence-corrected chi connectivity index (χ3v) is 7.75. The Bertz CT molecular complexity index is 1100. The maximum atomic E-state index is 4.77. The molecule has 0 bridgehead atoms. The third-order valence-electron chi connectivity index (χ3n) is 7.75. The average Bonchev–Trinajstić information content (AvgIpc) is 3.68. The highest BCUT2D eigenvalue weighted by Crippen LogP contribution is 2.59. The van der Waals surface area contributed by atoms with E-state index in [1.54, 1.807) is 5.57 Å². The minimum absolute atomic E-state index is 0.665. The maximum Gasteiger partial charge on any atom is 0.195 e. The van der Waals surface area contributed by atoms with Crippen LogP contribution < -0.4 is 4.48 Å². The van der Waals surface area contributed by atoms with E-state index >= 15 is 0 Å². The van der Waals surface area contributed by atoms with Crippen molar-refractivity contribution < 1.29 is 0 Å². The highest BCUT2D eigenvalue weighted by Gasteiger charge is 2.50. The second kappa shape index (κ2) is 6.03. The Balaban J connectivity index is 1.49. The summed E-state index contributed by atoms with van der Waals surface area (Å²) in [5, 5.41) is 0. The highest BCUT2D eigenvalue weighted by molar-refractivity contribution is 6.01. The Morgan fingerprint density at radius 1 is 1.07 bits per heavy atom. The number of benzene rings is 2. The van der Waals surface area contributed by atoms with E-state index in [9.17, 15) is 0 Å². The number of fused-ring (bicyclic) bond motifs is 2. The lowest BCUT2D eigenvalue weighted by Crippen LogP contribution is -2.41. The van der Waals surface area contributed by atoms with Gasteiger partial charge in [-0.05, 0) is 83.4 Å². The molecule has 0 spiro atoms. The molecule has 0 amide bonds. The van der Waals surface area contributed by atoms with E-state index in [1.165, 1.54) is 40.8 Å². The first-order valence-corrected chi connectivity index (χ1v) is 11.2. The van der Waals surface area contributed by atoms with Crippen LogP contribution in [0.5, 0.6) is 0 Å². The van der Waals surface area contributed by atoms with Crippen molar-refractivity contribution in [3.05, 3.63) is 71.3 Å². The number of quaternary nitrogens is 1. The molecule has 2 nitrogen and oxygen atoms in total. The molecule has 2 aromatic rings. The molecule has 0 aromatic heterocycles. The van der Waals surface area contributed by atoms with Crippen LogP contribution in [0.3, 0.4) is 0 Å². The van der Waals surface area contributed by atoms with Gasteiger partial charge in [-0.25, -0.2) is 4.48 Å². The fourth-order valence-corrected chi connectivity index (χ4v) is 5.43. The van der Waals surface area contributed by atoms with Gasteiger partial charge in [0.25, 0.3) is 0 Å². The Morgan fingerprint density at radius 2 is 1.93 bits per heavy atom. The molecule has 146 valence electrons. The Hall–Kier alpha value is -2.45. The van der Waals surface area contributed by atoms with Crippen molar-refractivity contribution in [1.82, 2.24) is 4.48 Å². The van der Waals surface area contributed by atoms with Crippen LogP contribution in [0.25, 0.3) is 11.1 Å². The second-order valence-electron chi connectivity index (χ2n) is 9.58. The summed E-state index contributed by atoms with van der Waals surface area (Å²) in [6, 6.07) is 16.3. The van der Waals surface area contributed by atoms with Gasteiger partial charge in [0, 0.05) is 6.07 Å². The minimum atomic E-state index is 0.665. The first kappa shape index (κ1) is 17.4. The zero-order valence-electron chi connectivity index (χ0n) is 17.6. The summed E-state index contributed by atoms with van der Waals surface area (Å²) in [5.41, 5.74) is 9.68. The molecule has 6 rings (SSSR count). The van der Waals surface area contributed by atoms with Crippen LogP contribution in [-0.4, -0.2) is 19.9 Å². The van der Waals surface area contributed by atoms with Crippen molar-refractivity contribution >= 4 is 28.9 Å². The van der Waals surface area contributed by atoms with Crippen LogP contribution in [0.1, 0.15) is 49.3 Å². The van der Waals surface area contributed by atoms with Gasteiger partial charge < -0.3 is 0 Å². The number of hydrogen-bond acceptors (Lipinski definition) is 1. The molecule has 2 heteroatoms. The summed E-state index contributed by atoms with van der Waals surface area (Å²) >= 11 is 0. The number of rotatable bonds is 4. The Kier molecular flexibility index (Phi) is 3.62. The predicted octanol–water partition coefficient (Wildman–Crippen LogP) is 6.56. The molecule has 0 saturated heterocycles. The molecule has 0 N–H and O–H groups in total. The van der Waals surface area contributed by atoms with Crippen molar-refractivity contribution in [2.45, 2.75) is 32.6 Å². The smallest absolute Gasteiger partial charge is 0.195 e. The first-order valence-electron chi connectivity index (χ1n) is 11.2. The Morgan fingerprint density at radius 3 is 2.72 bits per heavy atom. The summed E-state index contributed by atoms with van der Waals surface area (Å²) < 4.78 is 0.794. The topological polar surface area (TPSA) is 12.4 Å². The van der Waals surface area contributed by atoms with Crippen LogP contribution in [0.15, 0.2) is 59.6 Å². The molecule has 29 heavy (non-hydrogen) atoms. The van der Waals surface area contributed by atoms with Crippen LogP contribution in [-0.2, 0) is 0 Å². The summed E-state index contributed by atoms with van der Waals surface area (Å²) in [6.07, 6.45) is 9.63. The van der Waals surface area contributed by atoms with Crippen LogP contribution in [0.4, 0.5) is 11.4 Å². The molecule has 4 unspecified atom stereocenters. The normalized spacial score (nSPS) is 31.8. The molecule has 1 aliphatic heterocycles. The average molecular weight is 382 g/mol. The lowest BCUT2D eigenvalue weighted by molar-refractivity contribution is 0.541. The van der Waals surface area contributed by atoms with Gasteiger partial charge in [0.05, 0.1) is 13.6 Å². The van der Waals surface area contributed by atoms with Gasteiger partial charge in [0.2, 0.25) is 0 Å².